The zero-order chi connectivity index (χ0) is 11.2. The van der Waals surface area contributed by atoms with Gasteiger partial charge in [-0.15, -0.1) is 0 Å². The second kappa shape index (κ2) is 5.92. The minimum atomic E-state index is -0.856. The van der Waals surface area contributed by atoms with E-state index in [4.69, 9.17) is 4.74 Å². The van der Waals surface area contributed by atoms with Crippen molar-refractivity contribution in [1.29, 1.82) is 0 Å². The van der Waals surface area contributed by atoms with Gasteiger partial charge in [0.25, 0.3) is 0 Å². The van der Waals surface area contributed by atoms with Crippen molar-refractivity contribution in [2.75, 3.05) is 0 Å². The fraction of sp³-hybridized carbons (Fsp3) is 0.700. The van der Waals surface area contributed by atoms with Gasteiger partial charge in [0.1, 0.15) is 0 Å². The Bertz CT molecular complexity index is 238. The maximum Gasteiger partial charge on any atom is 0.334 e. The monoisotopic (exact) mass is 216 g/mol. The van der Waals surface area contributed by atoms with E-state index in [0.29, 0.717) is 18.4 Å². The maximum atomic E-state index is 11.3. The van der Waals surface area contributed by atoms with Gasteiger partial charge in [-0.25, -0.2) is 4.79 Å². The minimum absolute atomic E-state index is 0.135. The lowest BCUT2D eigenvalue weighted by molar-refractivity contribution is -0.147. The number of rotatable bonds is 6. The van der Waals surface area contributed by atoms with Crippen LogP contribution in [0.3, 0.4) is 0 Å². The van der Waals surface area contributed by atoms with Crippen molar-refractivity contribution in [2.45, 2.75) is 45.4 Å². The van der Waals surface area contributed by atoms with Gasteiger partial charge in [-0.05, 0) is 19.8 Å². The maximum absolute atomic E-state index is 11.3. The number of carbonyl (C=O) groups excluding carboxylic acids is 1. The molecule has 4 heteroatoms. The molecule has 0 aromatic rings. The Morgan fingerprint density at radius 1 is 1.50 bits per heavy atom. The first-order chi connectivity index (χ1) is 6.51. The highest BCUT2D eigenvalue weighted by Gasteiger charge is 2.32. The van der Waals surface area contributed by atoms with Crippen molar-refractivity contribution in [3.05, 3.63) is 12.2 Å². The molecule has 0 aromatic heterocycles. The van der Waals surface area contributed by atoms with E-state index in [1.165, 1.54) is 0 Å². The van der Waals surface area contributed by atoms with Gasteiger partial charge in [0.2, 0.25) is 8.46 Å². The van der Waals surface area contributed by atoms with E-state index >= 15 is 0 Å². The van der Waals surface area contributed by atoms with Crippen LogP contribution in [0.25, 0.3) is 0 Å². The van der Waals surface area contributed by atoms with Crippen LogP contribution >= 0.6 is 8.46 Å². The molecule has 0 aliphatic heterocycles. The molecule has 0 radical (unpaired) electrons. The van der Waals surface area contributed by atoms with Gasteiger partial charge in [-0.3, -0.25) is 4.57 Å². The van der Waals surface area contributed by atoms with Crippen LogP contribution in [-0.2, 0) is 14.1 Å². The molecule has 0 aliphatic rings. The third-order valence-electron chi connectivity index (χ3n) is 1.99. The van der Waals surface area contributed by atoms with E-state index in [9.17, 15) is 9.36 Å². The zero-order valence-electron chi connectivity index (χ0n) is 9.00. The van der Waals surface area contributed by atoms with Crippen LogP contribution in [0, 0.1) is 0 Å². The topological polar surface area (TPSA) is 43.4 Å². The van der Waals surface area contributed by atoms with Crippen LogP contribution in [0.15, 0.2) is 12.2 Å². The molecule has 0 bridgehead atoms. The fourth-order valence-electron chi connectivity index (χ4n) is 1.08. The summed E-state index contributed by atoms with van der Waals surface area (Å²) in [4.78, 5) is 11.3. The van der Waals surface area contributed by atoms with E-state index in [-0.39, 0.29) is 8.46 Å². The molecule has 14 heavy (non-hydrogen) atoms. The first-order valence-corrected chi connectivity index (χ1v) is 5.56. The molecule has 0 fully saturated rings. The van der Waals surface area contributed by atoms with E-state index in [1.54, 1.807) is 6.92 Å². The Hall–Kier alpha value is -0.690. The Morgan fingerprint density at radius 3 is 2.36 bits per heavy atom. The summed E-state index contributed by atoms with van der Waals surface area (Å²) in [5.74, 6) is -0.469. The summed E-state index contributed by atoms with van der Waals surface area (Å²) in [6, 6.07) is 0. The molecule has 0 rings (SSSR count). The molecule has 1 atom stereocenters. The Labute approximate surface area is 86.7 Å². The SMILES string of the molecule is C=C(C)C(=O)OC(CC)(CCC)P=O. The van der Waals surface area contributed by atoms with Crippen molar-refractivity contribution in [2.24, 2.45) is 0 Å². The highest BCUT2D eigenvalue weighted by atomic mass is 31.1. The number of esters is 1. The first-order valence-electron chi connectivity index (χ1n) is 4.74. The van der Waals surface area contributed by atoms with Gasteiger partial charge in [-0.1, -0.05) is 26.8 Å². The highest BCUT2D eigenvalue weighted by molar-refractivity contribution is 7.25. The summed E-state index contributed by atoms with van der Waals surface area (Å²) in [6.07, 6.45) is 1.98. The molecule has 0 heterocycles. The summed E-state index contributed by atoms with van der Waals surface area (Å²) in [6.45, 7) is 8.88. The molecule has 0 saturated heterocycles. The molecular formula is C10H17O3P. The Morgan fingerprint density at radius 2 is 2.07 bits per heavy atom. The van der Waals surface area contributed by atoms with Crippen LogP contribution in [0.4, 0.5) is 0 Å². The van der Waals surface area contributed by atoms with E-state index in [2.05, 4.69) is 6.58 Å². The summed E-state index contributed by atoms with van der Waals surface area (Å²) in [5.41, 5.74) is 0.336. The summed E-state index contributed by atoms with van der Waals surface area (Å²) in [5, 5.41) is -0.856. The quantitative estimate of drug-likeness (QED) is 0.388. The third kappa shape index (κ3) is 3.59. The van der Waals surface area contributed by atoms with Crippen molar-refractivity contribution in [3.8, 4) is 0 Å². The van der Waals surface area contributed by atoms with Gasteiger partial charge in [-0.2, -0.15) is 0 Å². The molecule has 0 aromatic carbocycles. The van der Waals surface area contributed by atoms with Gasteiger partial charge >= 0.3 is 5.97 Å². The van der Waals surface area contributed by atoms with Gasteiger partial charge in [0, 0.05) is 5.57 Å². The molecule has 0 N–H and O–H groups in total. The lowest BCUT2D eigenvalue weighted by Crippen LogP contribution is -2.28. The molecule has 0 saturated carbocycles. The zero-order valence-corrected chi connectivity index (χ0v) is 9.89. The van der Waals surface area contributed by atoms with Crippen molar-refractivity contribution in [1.82, 2.24) is 0 Å². The van der Waals surface area contributed by atoms with E-state index in [0.717, 1.165) is 6.42 Å². The fourth-order valence-corrected chi connectivity index (χ4v) is 1.64. The van der Waals surface area contributed by atoms with Crippen molar-refractivity contribution in [3.63, 3.8) is 0 Å². The smallest absolute Gasteiger partial charge is 0.334 e. The molecular weight excluding hydrogens is 199 g/mol. The summed E-state index contributed by atoms with van der Waals surface area (Å²) in [7, 11) is -0.135. The predicted molar refractivity (Wildman–Crippen MR) is 56.4 cm³/mol. The predicted octanol–water partition coefficient (Wildman–Crippen LogP) is 3.30. The van der Waals surface area contributed by atoms with Crippen molar-refractivity contribution >= 4 is 14.4 Å². The molecule has 3 nitrogen and oxygen atoms in total. The normalized spacial score (nSPS) is 14.8. The molecule has 0 aliphatic carbocycles. The first kappa shape index (κ1) is 13.3. The van der Waals surface area contributed by atoms with Gasteiger partial charge in [0.05, 0.1) is 0 Å². The number of ether oxygens (including phenoxy) is 1. The average Bonchev–Trinajstić information content (AvgIpc) is 2.16. The largest absolute Gasteiger partial charge is 0.443 e. The Balaban J connectivity index is 4.57. The standard InChI is InChI=1S/C10H17O3P/c1-5-7-10(6-2,14-12)13-9(11)8(3)4/h3,5-7H2,1-2,4H3. The third-order valence-corrected chi connectivity index (χ3v) is 2.95. The van der Waals surface area contributed by atoms with E-state index in [1.807, 2.05) is 13.8 Å². The van der Waals surface area contributed by atoms with Crippen LogP contribution in [0.2, 0.25) is 0 Å². The van der Waals surface area contributed by atoms with E-state index < -0.39 is 11.3 Å². The van der Waals surface area contributed by atoms with Crippen molar-refractivity contribution < 1.29 is 14.1 Å². The van der Waals surface area contributed by atoms with Crippen LogP contribution < -0.4 is 0 Å². The average molecular weight is 216 g/mol. The van der Waals surface area contributed by atoms with Crippen LogP contribution in [0.1, 0.15) is 40.0 Å². The van der Waals surface area contributed by atoms with Crippen LogP contribution in [0.5, 0.6) is 0 Å². The number of carbonyl (C=O) groups is 1. The van der Waals surface area contributed by atoms with Gasteiger partial charge in [0.15, 0.2) is 5.34 Å². The highest BCUT2D eigenvalue weighted by Crippen LogP contribution is 2.34. The lowest BCUT2D eigenvalue weighted by Gasteiger charge is -2.25. The van der Waals surface area contributed by atoms with Gasteiger partial charge < -0.3 is 4.74 Å². The Kier molecular flexibility index (Phi) is 5.63. The summed E-state index contributed by atoms with van der Waals surface area (Å²) >= 11 is 0. The number of hydrogen-bond donors (Lipinski definition) is 0. The minimum Gasteiger partial charge on any atom is -0.443 e. The summed E-state index contributed by atoms with van der Waals surface area (Å²) < 4.78 is 16.2. The second-order valence-corrected chi connectivity index (χ2v) is 4.31. The molecule has 1 unspecified atom stereocenters. The number of hydrogen-bond acceptors (Lipinski definition) is 3. The molecule has 80 valence electrons. The van der Waals surface area contributed by atoms with Crippen LogP contribution in [-0.4, -0.2) is 11.3 Å². The second-order valence-electron chi connectivity index (χ2n) is 3.31. The lowest BCUT2D eigenvalue weighted by atomic mass is 10.1. The molecule has 0 spiro atoms. The molecule has 0 amide bonds.